The van der Waals surface area contributed by atoms with Gasteiger partial charge in [0.15, 0.2) is 0 Å². The van der Waals surface area contributed by atoms with Crippen LogP contribution in [0.2, 0.25) is 0 Å². The van der Waals surface area contributed by atoms with E-state index in [0.717, 1.165) is 11.9 Å². The third-order valence-corrected chi connectivity index (χ3v) is 3.42. The average Bonchev–Trinajstić information content (AvgIpc) is 2.83. The number of fused-ring (bicyclic) bond motifs is 1. The van der Waals surface area contributed by atoms with E-state index in [0.29, 0.717) is 6.04 Å². The van der Waals surface area contributed by atoms with E-state index in [1.165, 1.54) is 31.2 Å². The van der Waals surface area contributed by atoms with Crippen molar-refractivity contribution >= 4 is 5.52 Å². The molecule has 18 heavy (non-hydrogen) atoms. The highest BCUT2D eigenvalue weighted by Crippen LogP contribution is 2.23. The Balaban J connectivity index is 2.07. The lowest BCUT2D eigenvalue weighted by Crippen LogP contribution is -2.16. The smallest absolute Gasteiger partial charge is 0.0892 e. The van der Waals surface area contributed by atoms with Crippen molar-refractivity contribution in [3.8, 4) is 0 Å². The van der Waals surface area contributed by atoms with Gasteiger partial charge in [-0.05, 0) is 13.5 Å². The van der Waals surface area contributed by atoms with Gasteiger partial charge in [-0.15, -0.1) is 0 Å². The Morgan fingerprint density at radius 3 is 2.94 bits per heavy atom. The number of aromatic nitrogens is 3. The molecular weight excluding hydrogens is 224 g/mol. The van der Waals surface area contributed by atoms with Crippen LogP contribution in [-0.2, 0) is 0 Å². The minimum Gasteiger partial charge on any atom is -0.313 e. The number of nitrogens with zero attached hydrogens (tertiary/aromatic N) is 3. The zero-order valence-electron chi connectivity index (χ0n) is 11.3. The van der Waals surface area contributed by atoms with Gasteiger partial charge in [-0.1, -0.05) is 32.6 Å². The average molecular weight is 246 g/mol. The Kier molecular flexibility index (Phi) is 4.70. The van der Waals surface area contributed by atoms with Gasteiger partial charge in [0.05, 0.1) is 17.9 Å². The van der Waals surface area contributed by atoms with Gasteiger partial charge in [0.2, 0.25) is 0 Å². The molecule has 2 heterocycles. The van der Waals surface area contributed by atoms with Crippen molar-refractivity contribution in [1.29, 1.82) is 0 Å². The summed E-state index contributed by atoms with van der Waals surface area (Å²) in [5.74, 6) is 0. The van der Waals surface area contributed by atoms with Crippen LogP contribution in [-0.4, -0.2) is 21.6 Å². The van der Waals surface area contributed by atoms with Gasteiger partial charge in [0, 0.05) is 24.0 Å². The fraction of sp³-hybridized carbons (Fsp3) is 0.571. The standard InChI is InChI=1S/C14H22N4/c1-3-4-5-6-7-13(15-2)12-10-17-18-9-8-16-11-14(12)18/h8-11,13,15H,3-7H2,1-2H3. The monoisotopic (exact) mass is 246 g/mol. The maximum absolute atomic E-state index is 4.37. The summed E-state index contributed by atoms with van der Waals surface area (Å²) < 4.78 is 1.89. The second-order valence-corrected chi connectivity index (χ2v) is 4.70. The van der Waals surface area contributed by atoms with Gasteiger partial charge in [0.25, 0.3) is 0 Å². The number of hydrogen-bond donors (Lipinski definition) is 1. The highest BCUT2D eigenvalue weighted by Gasteiger charge is 2.14. The third-order valence-electron chi connectivity index (χ3n) is 3.42. The molecule has 1 N–H and O–H groups in total. The lowest BCUT2D eigenvalue weighted by atomic mass is 10.0. The zero-order valence-corrected chi connectivity index (χ0v) is 11.3. The van der Waals surface area contributed by atoms with Gasteiger partial charge in [0.1, 0.15) is 0 Å². The zero-order chi connectivity index (χ0) is 12.8. The third kappa shape index (κ3) is 2.88. The van der Waals surface area contributed by atoms with Crippen molar-refractivity contribution < 1.29 is 0 Å². The molecule has 0 aliphatic rings. The topological polar surface area (TPSA) is 42.2 Å². The van der Waals surface area contributed by atoms with Crippen LogP contribution in [0.25, 0.3) is 5.52 Å². The molecule has 0 saturated carbocycles. The normalized spacial score (nSPS) is 13.0. The van der Waals surface area contributed by atoms with Crippen LogP contribution >= 0.6 is 0 Å². The minimum absolute atomic E-state index is 0.378. The maximum atomic E-state index is 4.37. The first-order chi connectivity index (χ1) is 8.86. The van der Waals surface area contributed by atoms with Crippen LogP contribution < -0.4 is 5.32 Å². The molecule has 2 aromatic rings. The SMILES string of the molecule is CCCCCCC(NC)c1cnn2ccncc12. The fourth-order valence-electron chi connectivity index (χ4n) is 2.35. The van der Waals surface area contributed by atoms with E-state index in [2.05, 4.69) is 22.3 Å². The van der Waals surface area contributed by atoms with Crippen molar-refractivity contribution in [3.05, 3.63) is 30.4 Å². The van der Waals surface area contributed by atoms with Crippen LogP contribution in [0, 0.1) is 0 Å². The van der Waals surface area contributed by atoms with Gasteiger partial charge in [-0.25, -0.2) is 4.52 Å². The molecule has 0 saturated heterocycles. The van der Waals surface area contributed by atoms with Gasteiger partial charge in [-0.2, -0.15) is 5.10 Å². The Bertz CT molecular complexity index is 477. The molecule has 4 heteroatoms. The highest BCUT2D eigenvalue weighted by atomic mass is 15.2. The first kappa shape index (κ1) is 13.0. The van der Waals surface area contributed by atoms with E-state index in [1.807, 2.05) is 30.2 Å². The lowest BCUT2D eigenvalue weighted by Gasteiger charge is -2.14. The summed E-state index contributed by atoms with van der Waals surface area (Å²) >= 11 is 0. The second kappa shape index (κ2) is 6.50. The molecule has 2 aromatic heterocycles. The van der Waals surface area contributed by atoms with E-state index in [1.54, 1.807) is 6.20 Å². The molecule has 0 aromatic carbocycles. The molecule has 1 atom stereocenters. The molecule has 0 bridgehead atoms. The van der Waals surface area contributed by atoms with E-state index >= 15 is 0 Å². The lowest BCUT2D eigenvalue weighted by molar-refractivity contribution is 0.507. The van der Waals surface area contributed by atoms with Crippen LogP contribution in [0.1, 0.15) is 50.6 Å². The molecule has 0 fully saturated rings. The Labute approximate surface area is 108 Å². The molecule has 98 valence electrons. The molecule has 4 nitrogen and oxygen atoms in total. The van der Waals surface area contributed by atoms with Gasteiger partial charge in [-0.3, -0.25) is 4.98 Å². The molecule has 2 rings (SSSR count). The summed E-state index contributed by atoms with van der Waals surface area (Å²) in [5.41, 5.74) is 2.36. The van der Waals surface area contributed by atoms with Crippen LogP contribution in [0.3, 0.4) is 0 Å². The quantitative estimate of drug-likeness (QED) is 0.764. The Morgan fingerprint density at radius 2 is 2.17 bits per heavy atom. The van der Waals surface area contributed by atoms with Crippen LogP contribution in [0.5, 0.6) is 0 Å². The molecule has 0 spiro atoms. The summed E-state index contributed by atoms with van der Waals surface area (Å²) in [4.78, 5) is 4.18. The fourth-order valence-corrected chi connectivity index (χ4v) is 2.35. The van der Waals surface area contributed by atoms with E-state index in [4.69, 9.17) is 0 Å². The predicted octanol–water partition coefficient (Wildman–Crippen LogP) is 2.96. The van der Waals surface area contributed by atoms with Crippen molar-refractivity contribution in [2.75, 3.05) is 7.05 Å². The van der Waals surface area contributed by atoms with Crippen molar-refractivity contribution in [3.63, 3.8) is 0 Å². The molecule has 0 aliphatic heterocycles. The molecule has 0 radical (unpaired) electrons. The van der Waals surface area contributed by atoms with Crippen molar-refractivity contribution in [2.24, 2.45) is 0 Å². The van der Waals surface area contributed by atoms with Crippen molar-refractivity contribution in [2.45, 2.75) is 45.1 Å². The Morgan fingerprint density at radius 1 is 1.28 bits per heavy atom. The predicted molar refractivity (Wildman–Crippen MR) is 73.5 cm³/mol. The summed E-state index contributed by atoms with van der Waals surface area (Å²) in [6.07, 6.45) is 13.8. The largest absolute Gasteiger partial charge is 0.313 e. The van der Waals surface area contributed by atoms with Crippen molar-refractivity contribution in [1.82, 2.24) is 19.9 Å². The molecule has 0 amide bonds. The number of unbranched alkanes of at least 4 members (excludes halogenated alkanes) is 3. The first-order valence-electron chi connectivity index (χ1n) is 6.81. The van der Waals surface area contributed by atoms with E-state index in [9.17, 15) is 0 Å². The summed E-state index contributed by atoms with van der Waals surface area (Å²) in [5, 5.41) is 7.76. The number of nitrogens with one attached hydrogen (secondary N) is 1. The number of rotatable bonds is 7. The summed E-state index contributed by atoms with van der Waals surface area (Å²) in [6.45, 7) is 2.24. The molecule has 1 unspecified atom stereocenters. The highest BCUT2D eigenvalue weighted by molar-refractivity contribution is 5.53. The summed E-state index contributed by atoms with van der Waals surface area (Å²) in [7, 11) is 2.02. The summed E-state index contributed by atoms with van der Waals surface area (Å²) in [6, 6.07) is 0.378. The molecular formula is C14H22N4. The van der Waals surface area contributed by atoms with Gasteiger partial charge < -0.3 is 5.32 Å². The maximum Gasteiger partial charge on any atom is 0.0892 e. The minimum atomic E-state index is 0.378. The first-order valence-corrected chi connectivity index (χ1v) is 6.81. The Hall–Kier alpha value is -1.42. The van der Waals surface area contributed by atoms with Crippen LogP contribution in [0.15, 0.2) is 24.8 Å². The van der Waals surface area contributed by atoms with E-state index in [-0.39, 0.29) is 0 Å². The molecule has 0 aliphatic carbocycles. The number of hydrogen-bond acceptors (Lipinski definition) is 3. The second-order valence-electron chi connectivity index (χ2n) is 4.70. The van der Waals surface area contributed by atoms with E-state index < -0.39 is 0 Å². The van der Waals surface area contributed by atoms with Crippen LogP contribution in [0.4, 0.5) is 0 Å². The van der Waals surface area contributed by atoms with Gasteiger partial charge >= 0.3 is 0 Å².